The summed E-state index contributed by atoms with van der Waals surface area (Å²) in [6.07, 6.45) is -1.01. The molecule has 1 aromatic carbocycles. The van der Waals surface area contributed by atoms with Crippen LogP contribution < -0.4 is 15.8 Å². The number of ether oxygens (including phenoxy) is 1. The smallest absolute Gasteiger partial charge is 0.403 e. The number of benzene rings is 1. The molecule has 1 saturated heterocycles. The second-order valence-corrected chi connectivity index (χ2v) is 8.53. The lowest BCUT2D eigenvalue weighted by atomic mass is 10.1. The van der Waals surface area contributed by atoms with Crippen LogP contribution in [0.4, 0.5) is 4.39 Å². The van der Waals surface area contributed by atoms with Gasteiger partial charge in [-0.2, -0.15) is 0 Å². The van der Waals surface area contributed by atoms with Crippen molar-refractivity contribution in [3.05, 3.63) is 61.9 Å². The van der Waals surface area contributed by atoms with Crippen molar-refractivity contribution in [3.63, 3.8) is 0 Å². The molecule has 0 amide bonds. The highest BCUT2D eigenvalue weighted by Crippen LogP contribution is 2.56. The molecule has 3 heterocycles. The zero-order chi connectivity index (χ0) is 25.1. The summed E-state index contributed by atoms with van der Waals surface area (Å²) in [7, 11) is -4.79. The first kappa shape index (κ1) is 19.9. The second-order valence-electron chi connectivity index (χ2n) is 7.01. The fourth-order valence-corrected chi connectivity index (χ4v) is 4.34. The maximum absolute atomic E-state index is 15.8. The maximum atomic E-state index is 15.8. The Labute approximate surface area is 182 Å². The summed E-state index contributed by atoms with van der Waals surface area (Å²) >= 11 is 0. The number of H-pyrrole nitrogens is 1. The molecule has 13 heteroatoms. The van der Waals surface area contributed by atoms with E-state index in [4.69, 9.17) is 27.5 Å². The third-order valence-electron chi connectivity index (χ3n) is 4.86. The van der Waals surface area contributed by atoms with E-state index in [-0.39, 0.29) is 17.9 Å². The Morgan fingerprint density at radius 3 is 2.97 bits per heavy atom. The fourth-order valence-electron chi connectivity index (χ4n) is 3.18. The Morgan fingerprint density at radius 1 is 1.50 bits per heavy atom. The number of aliphatic hydroxyl groups is 2. The predicted octanol–water partition coefficient (Wildman–Crippen LogP) is 0.477. The molecule has 0 spiro atoms. The van der Waals surface area contributed by atoms with Crippen LogP contribution in [-0.4, -0.2) is 44.4 Å². The number of aliphatic hydroxyl groups excluding tert-OH is 2. The van der Waals surface area contributed by atoms with Gasteiger partial charge in [0.1, 0.15) is 30.1 Å². The van der Waals surface area contributed by atoms with Crippen molar-refractivity contribution in [1.29, 1.82) is 0 Å². The van der Waals surface area contributed by atoms with Crippen LogP contribution in [0.1, 0.15) is 25.7 Å². The van der Waals surface area contributed by atoms with E-state index in [1.807, 2.05) is 10.9 Å². The van der Waals surface area contributed by atoms with Crippen LogP contribution in [0.2, 0.25) is 0 Å². The molecule has 170 valence electrons. The SMILES string of the molecule is [2H]C([2H])(OP1(=O)OCc2cccc(C)c2O1)[C@@]1(F)O[C@@H](n2cc(C#C)c(=O)[nH]c2=O)[C@H](O)[C@@H]1O. The highest BCUT2D eigenvalue weighted by molar-refractivity contribution is 7.49. The van der Waals surface area contributed by atoms with E-state index in [1.54, 1.807) is 25.1 Å². The molecule has 3 N–H and O–H groups in total. The van der Waals surface area contributed by atoms with Gasteiger partial charge in [-0.05, 0) is 12.5 Å². The standard InChI is InChI=1S/C19H18FN2O9P/c1-3-11-7-22(18(26)21-16(11)25)17-13(23)15(24)19(20,30-17)9-29-32(27)28-8-12-6-4-5-10(2)14(12)31-32/h1,4-7,13,15,17,23-24H,8-9H2,2H3,(H,21,25,26)/t13-,15+,17-,19-,32?/m1/s1/i9D2. The Morgan fingerprint density at radius 2 is 2.25 bits per heavy atom. The third kappa shape index (κ3) is 3.80. The lowest BCUT2D eigenvalue weighted by Gasteiger charge is -2.29. The summed E-state index contributed by atoms with van der Waals surface area (Å²) in [5.74, 6) is -1.82. The van der Waals surface area contributed by atoms with E-state index in [9.17, 15) is 24.4 Å². The molecule has 0 aliphatic carbocycles. The van der Waals surface area contributed by atoms with E-state index in [1.165, 1.54) is 0 Å². The van der Waals surface area contributed by atoms with Gasteiger partial charge in [0.15, 0.2) is 6.23 Å². The van der Waals surface area contributed by atoms with Crippen LogP contribution in [0.3, 0.4) is 0 Å². The topological polar surface area (TPSA) is 149 Å². The first-order valence-corrected chi connectivity index (χ1v) is 10.6. The van der Waals surface area contributed by atoms with E-state index in [0.29, 0.717) is 15.7 Å². The number of hydrogen-bond donors (Lipinski definition) is 3. The summed E-state index contributed by atoms with van der Waals surface area (Å²) in [4.78, 5) is 25.6. The number of nitrogens with zero attached hydrogens (tertiary/aromatic N) is 1. The van der Waals surface area contributed by atoms with Crippen LogP contribution >= 0.6 is 7.82 Å². The minimum Gasteiger partial charge on any atom is -0.403 e. The molecule has 2 aliphatic rings. The number of phosphoric acid groups is 1. The largest absolute Gasteiger partial charge is 0.530 e. The highest BCUT2D eigenvalue weighted by Gasteiger charge is 2.57. The number of nitrogens with one attached hydrogen (secondary N) is 1. The number of halogens is 1. The normalized spacial score (nSPS) is 32.9. The van der Waals surface area contributed by atoms with E-state index >= 15 is 4.39 Å². The van der Waals surface area contributed by atoms with Gasteiger partial charge in [0, 0.05) is 11.8 Å². The average molecular weight is 470 g/mol. The Balaban J connectivity index is 1.65. The van der Waals surface area contributed by atoms with Crippen LogP contribution in [-0.2, 0) is 25.0 Å². The van der Waals surface area contributed by atoms with E-state index < -0.39 is 49.9 Å². The number of para-hydroxylation sites is 1. The van der Waals surface area contributed by atoms with Gasteiger partial charge in [-0.1, -0.05) is 24.1 Å². The Kier molecular flexibility index (Phi) is 4.95. The maximum Gasteiger partial charge on any atom is 0.530 e. The van der Waals surface area contributed by atoms with Gasteiger partial charge in [-0.25, -0.2) is 13.8 Å². The molecular weight excluding hydrogens is 450 g/mol. The number of phosphoric ester groups is 1. The Hall–Kier alpha value is -2.78. The quantitative estimate of drug-likeness (QED) is 0.428. The molecule has 5 atom stereocenters. The number of aromatic nitrogens is 2. The van der Waals surface area contributed by atoms with Crippen LogP contribution in [0.15, 0.2) is 34.0 Å². The zero-order valence-corrected chi connectivity index (χ0v) is 17.2. The summed E-state index contributed by atoms with van der Waals surface area (Å²) in [5.41, 5.74) is -1.51. The van der Waals surface area contributed by atoms with Gasteiger partial charge in [0.05, 0.1) is 9.35 Å². The number of aryl methyl sites for hydroxylation is 1. The van der Waals surface area contributed by atoms with Crippen molar-refractivity contribution in [2.45, 2.75) is 37.8 Å². The third-order valence-corrected chi connectivity index (χ3v) is 6.02. The molecule has 1 fully saturated rings. The van der Waals surface area contributed by atoms with Crippen molar-refractivity contribution in [2.75, 3.05) is 6.56 Å². The van der Waals surface area contributed by atoms with Gasteiger partial charge in [0.2, 0.25) is 0 Å². The van der Waals surface area contributed by atoms with Crippen LogP contribution in [0.25, 0.3) is 0 Å². The summed E-state index contributed by atoms with van der Waals surface area (Å²) < 4.78 is 65.2. The fraction of sp³-hybridized carbons (Fsp3) is 0.368. The Bertz CT molecular complexity index is 1360. The predicted molar refractivity (Wildman–Crippen MR) is 105 cm³/mol. The minimum atomic E-state index is -4.79. The van der Waals surface area contributed by atoms with Gasteiger partial charge < -0.3 is 19.5 Å². The second kappa shape index (κ2) is 7.97. The van der Waals surface area contributed by atoms with E-state index in [2.05, 4.69) is 0 Å². The molecule has 32 heavy (non-hydrogen) atoms. The molecular formula is C19H18FN2O9P. The summed E-state index contributed by atoms with van der Waals surface area (Å²) in [6, 6.07) is 4.91. The summed E-state index contributed by atoms with van der Waals surface area (Å²) in [6.45, 7) is -2.42. The average Bonchev–Trinajstić information content (AvgIpc) is 2.99. The number of rotatable bonds is 4. The van der Waals surface area contributed by atoms with Gasteiger partial charge in [-0.3, -0.25) is 23.4 Å². The van der Waals surface area contributed by atoms with Crippen molar-refractivity contribution in [1.82, 2.24) is 9.55 Å². The van der Waals surface area contributed by atoms with Crippen molar-refractivity contribution in [2.24, 2.45) is 0 Å². The molecule has 4 rings (SSSR count). The first-order chi connectivity index (χ1) is 15.8. The van der Waals surface area contributed by atoms with Crippen molar-refractivity contribution >= 4 is 7.82 Å². The molecule has 2 aliphatic heterocycles. The minimum absolute atomic E-state index is 0.0909. The molecule has 1 unspecified atom stereocenters. The van der Waals surface area contributed by atoms with Crippen molar-refractivity contribution in [3.8, 4) is 18.1 Å². The molecule has 1 aromatic heterocycles. The molecule has 2 aromatic rings. The van der Waals surface area contributed by atoms with Crippen LogP contribution in [0.5, 0.6) is 5.75 Å². The number of terminal acetylenes is 1. The van der Waals surface area contributed by atoms with Crippen LogP contribution in [0, 0.1) is 19.3 Å². The monoisotopic (exact) mass is 470 g/mol. The first-order valence-electron chi connectivity index (χ1n) is 10.1. The lowest BCUT2D eigenvalue weighted by molar-refractivity contribution is -0.205. The molecule has 0 saturated carbocycles. The van der Waals surface area contributed by atoms with E-state index in [0.717, 1.165) is 6.20 Å². The van der Waals surface area contributed by atoms with Gasteiger partial charge >= 0.3 is 13.5 Å². The number of alkyl halides is 1. The lowest BCUT2D eigenvalue weighted by Crippen LogP contribution is -2.43. The number of fused-ring (bicyclic) bond motifs is 1. The molecule has 0 bridgehead atoms. The van der Waals surface area contributed by atoms with Crippen molar-refractivity contribution < 1.29 is 40.2 Å². The van der Waals surface area contributed by atoms with Gasteiger partial charge in [0.25, 0.3) is 11.4 Å². The molecule has 0 radical (unpaired) electrons. The summed E-state index contributed by atoms with van der Waals surface area (Å²) in [5, 5.41) is 20.6. The number of aromatic amines is 1. The molecule has 11 nitrogen and oxygen atoms in total. The van der Waals surface area contributed by atoms with Gasteiger partial charge in [-0.15, -0.1) is 6.42 Å². The highest BCUT2D eigenvalue weighted by atomic mass is 31.2. The zero-order valence-electron chi connectivity index (χ0n) is 18.4. The number of hydrogen-bond acceptors (Lipinski definition) is 9.